The predicted molar refractivity (Wildman–Crippen MR) is 138 cm³/mol. The topological polar surface area (TPSA) is 177 Å². The number of nitrogens with two attached hydrogens (primary N) is 2. The van der Waals surface area contributed by atoms with Crippen molar-refractivity contribution in [2.45, 2.75) is 70.1 Å². The van der Waals surface area contributed by atoms with E-state index < -0.39 is 47.9 Å². The summed E-state index contributed by atoms with van der Waals surface area (Å²) in [5, 5.41) is 17.2. The second-order valence-corrected chi connectivity index (χ2v) is 9.28. The monoisotopic (exact) mass is 509 g/mol. The summed E-state index contributed by atoms with van der Waals surface area (Å²) >= 11 is 4.17. The van der Waals surface area contributed by atoms with Crippen LogP contribution in [0, 0.1) is 5.92 Å². The van der Waals surface area contributed by atoms with Gasteiger partial charge < -0.3 is 32.5 Å². The standard InChI is InChI=1S/C24H39N5O5S/c1-15(2)12-19(22(31)27-18(24(33)34)10-6-7-11-25)28-23(32)20(14-35)29-21(30)17(26)13-16-8-4-3-5-9-16/h3-5,8-9,15,17-20,35H,6-7,10-14,25-26H2,1-2H3,(H,27,31)(H,28,32)(H,29,30)(H,33,34). The van der Waals surface area contributed by atoms with Crippen LogP contribution in [-0.2, 0) is 25.6 Å². The summed E-state index contributed by atoms with van der Waals surface area (Å²) < 4.78 is 0. The molecule has 0 heterocycles. The van der Waals surface area contributed by atoms with Crippen molar-refractivity contribution < 1.29 is 24.3 Å². The Morgan fingerprint density at radius 2 is 1.49 bits per heavy atom. The van der Waals surface area contributed by atoms with Crippen LogP contribution in [0.1, 0.15) is 45.1 Å². The van der Waals surface area contributed by atoms with E-state index in [1.807, 2.05) is 44.2 Å². The molecule has 0 bridgehead atoms. The molecule has 0 aromatic heterocycles. The quantitative estimate of drug-likeness (QED) is 0.123. The number of carbonyl (C=O) groups excluding carboxylic acids is 3. The van der Waals surface area contributed by atoms with Gasteiger partial charge in [-0.2, -0.15) is 12.6 Å². The smallest absolute Gasteiger partial charge is 0.326 e. The number of rotatable bonds is 16. The van der Waals surface area contributed by atoms with Gasteiger partial charge in [0.15, 0.2) is 0 Å². The largest absolute Gasteiger partial charge is 0.480 e. The molecular formula is C24H39N5O5S. The summed E-state index contributed by atoms with van der Waals surface area (Å²) in [6.07, 6.45) is 2.00. The highest BCUT2D eigenvalue weighted by molar-refractivity contribution is 7.80. The van der Waals surface area contributed by atoms with Gasteiger partial charge >= 0.3 is 5.97 Å². The lowest BCUT2D eigenvalue weighted by Gasteiger charge is -2.25. The van der Waals surface area contributed by atoms with Crippen LogP contribution in [0.4, 0.5) is 0 Å². The molecule has 0 aliphatic rings. The van der Waals surface area contributed by atoms with Crippen LogP contribution < -0.4 is 27.4 Å². The van der Waals surface area contributed by atoms with Crippen molar-refractivity contribution in [2.24, 2.45) is 17.4 Å². The first-order chi connectivity index (χ1) is 16.6. The Kier molecular flexibility index (Phi) is 14.0. The van der Waals surface area contributed by atoms with E-state index in [0.717, 1.165) is 5.56 Å². The molecule has 0 radical (unpaired) electrons. The van der Waals surface area contributed by atoms with E-state index in [4.69, 9.17) is 11.5 Å². The maximum Gasteiger partial charge on any atom is 0.326 e. The Morgan fingerprint density at radius 1 is 0.914 bits per heavy atom. The zero-order valence-electron chi connectivity index (χ0n) is 20.4. The summed E-state index contributed by atoms with van der Waals surface area (Å²) in [6, 6.07) is 5.30. The second-order valence-electron chi connectivity index (χ2n) is 8.91. The lowest BCUT2D eigenvalue weighted by atomic mass is 10.0. The molecule has 0 saturated carbocycles. The van der Waals surface area contributed by atoms with Gasteiger partial charge in [-0.3, -0.25) is 14.4 Å². The average molecular weight is 510 g/mol. The highest BCUT2D eigenvalue weighted by Crippen LogP contribution is 2.08. The SMILES string of the molecule is CC(C)CC(NC(=O)C(CS)NC(=O)C(N)Cc1ccccc1)C(=O)NC(CCCCN)C(=O)O. The summed E-state index contributed by atoms with van der Waals surface area (Å²) in [7, 11) is 0. The molecule has 10 nitrogen and oxygen atoms in total. The molecule has 196 valence electrons. The van der Waals surface area contributed by atoms with E-state index in [0.29, 0.717) is 25.8 Å². The first kappa shape index (κ1) is 30.4. The van der Waals surface area contributed by atoms with Crippen LogP contribution >= 0.6 is 12.6 Å². The van der Waals surface area contributed by atoms with Crippen LogP contribution in [0.5, 0.6) is 0 Å². The van der Waals surface area contributed by atoms with Crippen molar-refractivity contribution in [3.63, 3.8) is 0 Å². The molecule has 11 heteroatoms. The molecule has 0 aliphatic heterocycles. The first-order valence-electron chi connectivity index (χ1n) is 11.8. The lowest BCUT2D eigenvalue weighted by Crippen LogP contribution is -2.58. The second kappa shape index (κ2) is 16.1. The van der Waals surface area contributed by atoms with Gasteiger partial charge in [-0.05, 0) is 50.1 Å². The van der Waals surface area contributed by atoms with E-state index in [1.165, 1.54) is 0 Å². The lowest BCUT2D eigenvalue weighted by molar-refractivity contribution is -0.142. The van der Waals surface area contributed by atoms with E-state index >= 15 is 0 Å². The summed E-state index contributed by atoms with van der Waals surface area (Å²) in [4.78, 5) is 49.9. The highest BCUT2D eigenvalue weighted by atomic mass is 32.1. The van der Waals surface area contributed by atoms with Crippen LogP contribution in [0.25, 0.3) is 0 Å². The zero-order chi connectivity index (χ0) is 26.4. The average Bonchev–Trinajstić information content (AvgIpc) is 2.81. The molecule has 1 aromatic rings. The Labute approximate surface area is 212 Å². The number of carboxylic acid groups (broad SMARTS) is 1. The number of amides is 3. The molecule has 0 spiro atoms. The van der Waals surface area contributed by atoms with E-state index in [1.54, 1.807) is 0 Å². The summed E-state index contributed by atoms with van der Waals surface area (Å²) in [5.74, 6) is -2.84. The van der Waals surface area contributed by atoms with E-state index in [-0.39, 0.29) is 24.5 Å². The molecular weight excluding hydrogens is 470 g/mol. The molecule has 0 aliphatic carbocycles. The minimum absolute atomic E-state index is 0.0114. The molecule has 0 fully saturated rings. The molecule has 1 rings (SSSR count). The fourth-order valence-electron chi connectivity index (χ4n) is 3.43. The Balaban J connectivity index is 2.80. The van der Waals surface area contributed by atoms with Gasteiger partial charge in [0, 0.05) is 5.75 Å². The maximum absolute atomic E-state index is 12.9. The van der Waals surface area contributed by atoms with Crippen molar-refractivity contribution in [1.82, 2.24) is 16.0 Å². The van der Waals surface area contributed by atoms with Crippen molar-refractivity contribution in [3.05, 3.63) is 35.9 Å². The molecule has 0 saturated heterocycles. The van der Waals surface area contributed by atoms with Crippen molar-refractivity contribution in [1.29, 1.82) is 0 Å². The number of hydrogen-bond donors (Lipinski definition) is 7. The van der Waals surface area contributed by atoms with Crippen LogP contribution in [-0.4, -0.2) is 65.3 Å². The number of aliphatic carboxylic acids is 1. The fourth-order valence-corrected chi connectivity index (χ4v) is 3.69. The van der Waals surface area contributed by atoms with Gasteiger partial charge in [0.25, 0.3) is 0 Å². The van der Waals surface area contributed by atoms with Crippen molar-refractivity contribution in [2.75, 3.05) is 12.3 Å². The predicted octanol–water partition coefficient (Wildman–Crippen LogP) is 0.200. The van der Waals surface area contributed by atoms with Gasteiger partial charge in [0.05, 0.1) is 6.04 Å². The third-order valence-corrected chi connectivity index (χ3v) is 5.72. The number of hydrogen-bond acceptors (Lipinski definition) is 7. The van der Waals surface area contributed by atoms with Gasteiger partial charge in [-0.15, -0.1) is 0 Å². The van der Waals surface area contributed by atoms with Crippen LogP contribution in [0.2, 0.25) is 0 Å². The first-order valence-corrected chi connectivity index (χ1v) is 12.5. The van der Waals surface area contributed by atoms with Crippen molar-refractivity contribution in [3.8, 4) is 0 Å². The number of carboxylic acids is 1. The minimum Gasteiger partial charge on any atom is -0.480 e. The normalized spacial score (nSPS) is 14.5. The van der Waals surface area contributed by atoms with Crippen LogP contribution in [0.15, 0.2) is 30.3 Å². The number of benzene rings is 1. The minimum atomic E-state index is -1.15. The molecule has 1 aromatic carbocycles. The number of unbranched alkanes of at least 4 members (excludes halogenated alkanes) is 1. The van der Waals surface area contributed by atoms with E-state index in [9.17, 15) is 24.3 Å². The highest BCUT2D eigenvalue weighted by Gasteiger charge is 2.30. The van der Waals surface area contributed by atoms with Crippen molar-refractivity contribution >= 4 is 36.3 Å². The third kappa shape index (κ3) is 11.6. The Morgan fingerprint density at radius 3 is 2.03 bits per heavy atom. The van der Waals surface area contributed by atoms with E-state index in [2.05, 4.69) is 28.6 Å². The molecule has 4 atom stereocenters. The van der Waals surface area contributed by atoms with Gasteiger partial charge in [-0.25, -0.2) is 4.79 Å². The zero-order valence-corrected chi connectivity index (χ0v) is 21.3. The molecule has 35 heavy (non-hydrogen) atoms. The number of nitrogens with one attached hydrogen (secondary N) is 3. The van der Waals surface area contributed by atoms with Gasteiger partial charge in [0.1, 0.15) is 18.1 Å². The summed E-state index contributed by atoms with van der Waals surface area (Å²) in [6.45, 7) is 4.18. The number of carbonyl (C=O) groups is 4. The molecule has 4 unspecified atom stereocenters. The number of thiol groups is 1. The Bertz CT molecular complexity index is 824. The fraction of sp³-hybridized carbons (Fsp3) is 0.583. The maximum atomic E-state index is 12.9. The van der Waals surface area contributed by atoms with Gasteiger partial charge in [-0.1, -0.05) is 44.2 Å². The van der Waals surface area contributed by atoms with Gasteiger partial charge in [0.2, 0.25) is 17.7 Å². The molecule has 3 amide bonds. The third-order valence-electron chi connectivity index (χ3n) is 5.35. The Hall–Kier alpha value is -2.63. The van der Waals surface area contributed by atoms with Crippen LogP contribution in [0.3, 0.4) is 0 Å². The molecule has 8 N–H and O–H groups in total. The summed E-state index contributed by atoms with van der Waals surface area (Å²) in [5.41, 5.74) is 12.3.